The first kappa shape index (κ1) is 12.9. The van der Waals surface area contributed by atoms with Gasteiger partial charge in [-0.25, -0.2) is 0 Å². The highest BCUT2D eigenvalue weighted by Crippen LogP contribution is 2.32. The number of benzene rings is 3. The van der Waals surface area contributed by atoms with Crippen LogP contribution >= 0.6 is 0 Å². The molecule has 0 aliphatic rings. The third-order valence-electron chi connectivity index (χ3n) is 4.04. The van der Waals surface area contributed by atoms with Crippen LogP contribution in [0.25, 0.3) is 10.9 Å². The molecule has 0 aliphatic carbocycles. The van der Waals surface area contributed by atoms with Crippen LogP contribution in [0.15, 0.2) is 84.9 Å². The second-order valence-corrected chi connectivity index (χ2v) is 5.48. The molecule has 1 nitrogen and oxygen atoms in total. The molecule has 4 rings (SSSR count). The van der Waals surface area contributed by atoms with E-state index in [1.807, 2.05) is 12.1 Å². The Bertz CT molecular complexity index is 803. The quantitative estimate of drug-likeness (QED) is 0.535. The molecule has 1 heterocycles. The summed E-state index contributed by atoms with van der Waals surface area (Å²) in [6.45, 7) is 0. The zero-order valence-electron chi connectivity index (χ0n) is 12.2. The van der Waals surface area contributed by atoms with E-state index in [1.54, 1.807) is 0 Å². The zero-order chi connectivity index (χ0) is 14.8. The number of hydrogen-bond acceptors (Lipinski definition) is 0. The molecule has 1 radical (unpaired) electrons. The Hall–Kier alpha value is -2.80. The van der Waals surface area contributed by atoms with Crippen molar-refractivity contribution in [3.05, 3.63) is 108 Å². The van der Waals surface area contributed by atoms with E-state index >= 15 is 0 Å². The molecule has 0 bridgehead atoms. The molecule has 0 fully saturated rings. The maximum atomic E-state index is 3.56. The maximum absolute atomic E-state index is 3.56. The van der Waals surface area contributed by atoms with Gasteiger partial charge < -0.3 is 4.98 Å². The summed E-state index contributed by atoms with van der Waals surface area (Å²) in [6, 6.07) is 32.8. The van der Waals surface area contributed by atoms with Gasteiger partial charge in [0.05, 0.1) is 0 Å². The minimum atomic E-state index is 0.211. The number of H-pyrrole nitrogens is 1. The molecule has 0 saturated heterocycles. The first-order valence-corrected chi connectivity index (χ1v) is 7.51. The van der Waals surface area contributed by atoms with E-state index in [-0.39, 0.29) is 5.92 Å². The van der Waals surface area contributed by atoms with Crippen molar-refractivity contribution in [1.29, 1.82) is 0 Å². The molecule has 0 unspecified atom stereocenters. The van der Waals surface area contributed by atoms with Crippen LogP contribution in [-0.2, 0) is 0 Å². The van der Waals surface area contributed by atoms with Gasteiger partial charge in [0.1, 0.15) is 0 Å². The molecule has 0 aliphatic heterocycles. The summed E-state index contributed by atoms with van der Waals surface area (Å²) in [4.78, 5) is 3.56. The first-order valence-electron chi connectivity index (χ1n) is 7.51. The summed E-state index contributed by atoms with van der Waals surface area (Å²) >= 11 is 0. The van der Waals surface area contributed by atoms with Gasteiger partial charge in [0.25, 0.3) is 0 Å². The molecule has 1 N–H and O–H groups in total. The highest BCUT2D eigenvalue weighted by molar-refractivity contribution is 5.80. The average molecular weight is 282 g/mol. The van der Waals surface area contributed by atoms with Gasteiger partial charge in [0.15, 0.2) is 0 Å². The molecule has 3 aromatic carbocycles. The molecule has 1 heteroatoms. The number of fused-ring (bicyclic) bond motifs is 1. The molecule has 0 saturated carbocycles. The molecule has 0 amide bonds. The van der Waals surface area contributed by atoms with Crippen LogP contribution in [0, 0.1) is 6.07 Å². The van der Waals surface area contributed by atoms with Crippen molar-refractivity contribution in [3.63, 3.8) is 0 Å². The standard InChI is InChI=1S/C21H16N/c1-3-9-16(10-4-1)21(17-11-5-2-6-12-17)20-15-18-13-7-8-14-19(18)22-20/h1-12,14-15,21-22H. The fourth-order valence-electron chi connectivity index (χ4n) is 3.02. The number of hydrogen-bond donors (Lipinski definition) is 1. The molecular formula is C21H16N. The summed E-state index contributed by atoms with van der Waals surface area (Å²) in [7, 11) is 0. The molecule has 1 aromatic heterocycles. The Morgan fingerprint density at radius 1 is 0.727 bits per heavy atom. The topological polar surface area (TPSA) is 15.8 Å². The fourth-order valence-corrected chi connectivity index (χ4v) is 3.02. The van der Waals surface area contributed by atoms with Gasteiger partial charge >= 0.3 is 0 Å². The van der Waals surface area contributed by atoms with Crippen molar-refractivity contribution in [1.82, 2.24) is 4.98 Å². The lowest BCUT2D eigenvalue weighted by Gasteiger charge is -2.17. The van der Waals surface area contributed by atoms with E-state index in [4.69, 9.17) is 0 Å². The van der Waals surface area contributed by atoms with E-state index in [1.165, 1.54) is 16.8 Å². The first-order chi connectivity index (χ1) is 10.9. The van der Waals surface area contributed by atoms with Crippen LogP contribution in [-0.4, -0.2) is 4.98 Å². The summed E-state index contributed by atoms with van der Waals surface area (Å²) in [5.41, 5.74) is 4.92. The van der Waals surface area contributed by atoms with Gasteiger partial charge in [-0.2, -0.15) is 0 Å². The van der Waals surface area contributed by atoms with E-state index in [0.717, 1.165) is 10.9 Å². The molecular weight excluding hydrogens is 266 g/mol. The van der Waals surface area contributed by atoms with Crippen molar-refractivity contribution in [2.24, 2.45) is 0 Å². The van der Waals surface area contributed by atoms with Crippen LogP contribution in [0.5, 0.6) is 0 Å². The van der Waals surface area contributed by atoms with Gasteiger partial charge in [-0.05, 0) is 29.3 Å². The second-order valence-electron chi connectivity index (χ2n) is 5.48. The number of aromatic amines is 1. The molecule has 4 aromatic rings. The molecule has 0 spiro atoms. The Morgan fingerprint density at radius 3 is 1.95 bits per heavy atom. The van der Waals surface area contributed by atoms with Crippen LogP contribution in [0.2, 0.25) is 0 Å². The monoisotopic (exact) mass is 282 g/mol. The third-order valence-corrected chi connectivity index (χ3v) is 4.04. The lowest BCUT2D eigenvalue weighted by molar-refractivity contribution is 0.939. The maximum Gasteiger partial charge on any atom is 0.0491 e. The minimum absolute atomic E-state index is 0.211. The highest BCUT2D eigenvalue weighted by atomic mass is 14.7. The van der Waals surface area contributed by atoms with Gasteiger partial charge in [-0.3, -0.25) is 0 Å². The smallest absolute Gasteiger partial charge is 0.0491 e. The van der Waals surface area contributed by atoms with Crippen molar-refractivity contribution in [3.8, 4) is 0 Å². The van der Waals surface area contributed by atoms with E-state index in [9.17, 15) is 0 Å². The van der Waals surface area contributed by atoms with Crippen LogP contribution in [0.1, 0.15) is 22.7 Å². The SMILES string of the molecule is [c]1cccc2[nH]c(C(c3ccccc3)c3ccccc3)cc12. The predicted molar refractivity (Wildman–Crippen MR) is 91.0 cm³/mol. The van der Waals surface area contributed by atoms with Crippen molar-refractivity contribution in [2.75, 3.05) is 0 Å². The highest BCUT2D eigenvalue weighted by Gasteiger charge is 2.18. The predicted octanol–water partition coefficient (Wildman–Crippen LogP) is 5.15. The Kier molecular flexibility index (Phi) is 3.24. The largest absolute Gasteiger partial charge is 0.358 e. The van der Waals surface area contributed by atoms with Gasteiger partial charge in [-0.1, -0.05) is 72.8 Å². The summed E-state index contributed by atoms with van der Waals surface area (Å²) < 4.78 is 0. The molecule has 22 heavy (non-hydrogen) atoms. The summed E-state index contributed by atoms with van der Waals surface area (Å²) in [6.07, 6.45) is 0. The van der Waals surface area contributed by atoms with E-state index in [0.29, 0.717) is 0 Å². The van der Waals surface area contributed by atoms with Gasteiger partial charge in [0, 0.05) is 22.5 Å². The van der Waals surface area contributed by atoms with Gasteiger partial charge in [-0.15, -0.1) is 0 Å². The lowest BCUT2D eigenvalue weighted by atomic mass is 9.88. The third kappa shape index (κ3) is 2.31. The van der Waals surface area contributed by atoms with Crippen molar-refractivity contribution >= 4 is 10.9 Å². The van der Waals surface area contributed by atoms with Crippen LogP contribution in [0.4, 0.5) is 0 Å². The van der Waals surface area contributed by atoms with Crippen molar-refractivity contribution in [2.45, 2.75) is 5.92 Å². The Balaban J connectivity index is 1.90. The Labute approximate surface area is 130 Å². The van der Waals surface area contributed by atoms with Gasteiger partial charge in [0.2, 0.25) is 0 Å². The van der Waals surface area contributed by atoms with E-state index in [2.05, 4.69) is 83.8 Å². The molecule has 105 valence electrons. The van der Waals surface area contributed by atoms with E-state index < -0.39 is 0 Å². The average Bonchev–Trinajstić information content (AvgIpc) is 3.00. The minimum Gasteiger partial charge on any atom is -0.358 e. The second kappa shape index (κ2) is 5.53. The zero-order valence-corrected chi connectivity index (χ0v) is 12.2. The lowest BCUT2D eigenvalue weighted by Crippen LogP contribution is -2.03. The number of nitrogens with one attached hydrogen (secondary N) is 1. The summed E-state index contributed by atoms with van der Waals surface area (Å²) in [5, 5.41) is 1.13. The Morgan fingerprint density at radius 2 is 1.36 bits per heavy atom. The number of aromatic nitrogens is 1. The van der Waals surface area contributed by atoms with Crippen LogP contribution in [0.3, 0.4) is 0 Å². The number of rotatable bonds is 3. The van der Waals surface area contributed by atoms with Crippen molar-refractivity contribution < 1.29 is 0 Å². The molecule has 0 atom stereocenters. The normalized spacial score (nSPS) is 11.1. The summed E-state index contributed by atoms with van der Waals surface area (Å²) in [5.74, 6) is 0.211. The van der Waals surface area contributed by atoms with Crippen LogP contribution < -0.4 is 0 Å². The fraction of sp³-hybridized carbons (Fsp3) is 0.0476.